The Kier molecular flexibility index (Phi) is 3.98. The SMILES string of the molecule is CCc1cc(NCc2ccccc2F)ccc1C. The van der Waals surface area contributed by atoms with Crippen LogP contribution in [0.15, 0.2) is 42.5 Å². The Labute approximate surface area is 108 Å². The molecule has 0 fully saturated rings. The van der Waals surface area contributed by atoms with Gasteiger partial charge in [0.25, 0.3) is 0 Å². The van der Waals surface area contributed by atoms with Gasteiger partial charge >= 0.3 is 0 Å². The number of hydrogen-bond donors (Lipinski definition) is 1. The summed E-state index contributed by atoms with van der Waals surface area (Å²) in [5, 5.41) is 3.26. The lowest BCUT2D eigenvalue weighted by Gasteiger charge is -2.10. The molecule has 2 heteroatoms. The molecule has 0 spiro atoms. The normalized spacial score (nSPS) is 10.4. The van der Waals surface area contributed by atoms with Crippen LogP contribution in [0.25, 0.3) is 0 Å². The Morgan fingerprint density at radius 1 is 1.06 bits per heavy atom. The predicted octanol–water partition coefficient (Wildman–Crippen LogP) is 4.31. The molecular formula is C16H18FN. The zero-order valence-electron chi connectivity index (χ0n) is 10.8. The highest BCUT2D eigenvalue weighted by Crippen LogP contribution is 2.17. The number of aryl methyl sites for hydroxylation is 2. The van der Waals surface area contributed by atoms with Crippen molar-refractivity contribution in [1.29, 1.82) is 0 Å². The van der Waals surface area contributed by atoms with Crippen LogP contribution in [-0.4, -0.2) is 0 Å². The lowest BCUT2D eigenvalue weighted by molar-refractivity contribution is 0.613. The van der Waals surface area contributed by atoms with Crippen molar-refractivity contribution in [3.63, 3.8) is 0 Å². The van der Waals surface area contributed by atoms with E-state index in [9.17, 15) is 4.39 Å². The molecule has 0 aliphatic heterocycles. The molecule has 94 valence electrons. The zero-order valence-corrected chi connectivity index (χ0v) is 10.8. The molecular weight excluding hydrogens is 225 g/mol. The number of hydrogen-bond acceptors (Lipinski definition) is 1. The molecule has 1 nitrogen and oxygen atoms in total. The first kappa shape index (κ1) is 12.6. The average Bonchev–Trinajstić information content (AvgIpc) is 2.39. The lowest BCUT2D eigenvalue weighted by Crippen LogP contribution is -2.02. The fourth-order valence-electron chi connectivity index (χ4n) is 2.00. The summed E-state index contributed by atoms with van der Waals surface area (Å²) in [6, 6.07) is 13.1. The summed E-state index contributed by atoms with van der Waals surface area (Å²) in [4.78, 5) is 0. The second kappa shape index (κ2) is 5.67. The van der Waals surface area contributed by atoms with Crippen LogP contribution in [0.5, 0.6) is 0 Å². The van der Waals surface area contributed by atoms with E-state index in [1.54, 1.807) is 12.1 Å². The quantitative estimate of drug-likeness (QED) is 0.843. The molecule has 0 saturated heterocycles. The second-order valence-corrected chi connectivity index (χ2v) is 4.44. The van der Waals surface area contributed by atoms with E-state index in [2.05, 4.69) is 31.3 Å². The van der Waals surface area contributed by atoms with Crippen molar-refractivity contribution in [2.75, 3.05) is 5.32 Å². The van der Waals surface area contributed by atoms with Gasteiger partial charge in [0.05, 0.1) is 0 Å². The van der Waals surface area contributed by atoms with E-state index in [1.165, 1.54) is 17.2 Å². The van der Waals surface area contributed by atoms with Gasteiger partial charge in [-0.05, 0) is 42.7 Å². The molecule has 0 radical (unpaired) electrons. The van der Waals surface area contributed by atoms with E-state index in [0.717, 1.165) is 12.1 Å². The van der Waals surface area contributed by atoms with Gasteiger partial charge in [-0.25, -0.2) is 4.39 Å². The number of benzene rings is 2. The van der Waals surface area contributed by atoms with Crippen LogP contribution in [0.3, 0.4) is 0 Å². The molecule has 2 aromatic carbocycles. The number of halogens is 1. The third-order valence-electron chi connectivity index (χ3n) is 3.17. The molecule has 0 aliphatic rings. The minimum absolute atomic E-state index is 0.159. The van der Waals surface area contributed by atoms with Crippen molar-refractivity contribution < 1.29 is 4.39 Å². The van der Waals surface area contributed by atoms with E-state index in [0.29, 0.717) is 12.1 Å². The molecule has 0 heterocycles. The van der Waals surface area contributed by atoms with Crippen molar-refractivity contribution in [1.82, 2.24) is 0 Å². The maximum Gasteiger partial charge on any atom is 0.128 e. The fourth-order valence-corrected chi connectivity index (χ4v) is 2.00. The van der Waals surface area contributed by atoms with Crippen molar-refractivity contribution in [2.24, 2.45) is 0 Å². The summed E-state index contributed by atoms with van der Waals surface area (Å²) >= 11 is 0. The summed E-state index contributed by atoms with van der Waals surface area (Å²) in [6.07, 6.45) is 1.01. The summed E-state index contributed by atoms with van der Waals surface area (Å²) in [7, 11) is 0. The minimum Gasteiger partial charge on any atom is -0.381 e. The summed E-state index contributed by atoms with van der Waals surface area (Å²) in [5.41, 5.74) is 4.36. The van der Waals surface area contributed by atoms with Crippen molar-refractivity contribution >= 4 is 5.69 Å². The highest BCUT2D eigenvalue weighted by Gasteiger charge is 2.02. The molecule has 0 saturated carbocycles. The molecule has 2 aromatic rings. The van der Waals surface area contributed by atoms with Gasteiger partial charge in [-0.3, -0.25) is 0 Å². The van der Waals surface area contributed by atoms with Crippen molar-refractivity contribution in [3.05, 3.63) is 65.0 Å². The molecule has 0 unspecified atom stereocenters. The van der Waals surface area contributed by atoms with Crippen LogP contribution in [0.2, 0.25) is 0 Å². The zero-order chi connectivity index (χ0) is 13.0. The molecule has 2 rings (SSSR count). The summed E-state index contributed by atoms with van der Waals surface area (Å²) < 4.78 is 13.5. The molecule has 0 atom stereocenters. The van der Waals surface area contributed by atoms with Gasteiger partial charge in [-0.1, -0.05) is 31.2 Å². The van der Waals surface area contributed by atoms with Crippen LogP contribution in [0.1, 0.15) is 23.6 Å². The first-order chi connectivity index (χ1) is 8.70. The topological polar surface area (TPSA) is 12.0 Å². The van der Waals surface area contributed by atoms with Crippen LogP contribution in [0.4, 0.5) is 10.1 Å². The highest BCUT2D eigenvalue weighted by atomic mass is 19.1. The molecule has 0 bridgehead atoms. The van der Waals surface area contributed by atoms with Crippen LogP contribution >= 0.6 is 0 Å². The monoisotopic (exact) mass is 243 g/mol. The molecule has 1 N–H and O–H groups in total. The maximum absolute atomic E-state index is 13.5. The Bertz CT molecular complexity index is 534. The maximum atomic E-state index is 13.5. The predicted molar refractivity (Wildman–Crippen MR) is 74.3 cm³/mol. The molecule has 0 amide bonds. The van der Waals surface area contributed by atoms with Crippen molar-refractivity contribution in [3.8, 4) is 0 Å². The number of rotatable bonds is 4. The van der Waals surface area contributed by atoms with E-state index >= 15 is 0 Å². The average molecular weight is 243 g/mol. The van der Waals surface area contributed by atoms with E-state index in [1.807, 2.05) is 12.1 Å². The minimum atomic E-state index is -0.159. The van der Waals surface area contributed by atoms with Crippen LogP contribution < -0.4 is 5.32 Å². The second-order valence-electron chi connectivity index (χ2n) is 4.44. The van der Waals surface area contributed by atoms with E-state index < -0.39 is 0 Å². The van der Waals surface area contributed by atoms with Gasteiger partial charge in [0.15, 0.2) is 0 Å². The lowest BCUT2D eigenvalue weighted by atomic mass is 10.1. The van der Waals surface area contributed by atoms with Crippen LogP contribution in [0, 0.1) is 12.7 Å². The Morgan fingerprint density at radius 3 is 2.56 bits per heavy atom. The number of nitrogens with one attached hydrogen (secondary N) is 1. The first-order valence-corrected chi connectivity index (χ1v) is 6.27. The van der Waals surface area contributed by atoms with Gasteiger partial charge in [0.2, 0.25) is 0 Å². The van der Waals surface area contributed by atoms with Gasteiger partial charge in [-0.2, -0.15) is 0 Å². The number of anilines is 1. The largest absolute Gasteiger partial charge is 0.381 e. The van der Waals surface area contributed by atoms with Gasteiger partial charge in [0, 0.05) is 17.8 Å². The Balaban J connectivity index is 2.09. The standard InChI is InChI=1S/C16H18FN/c1-3-13-10-15(9-8-12(13)2)18-11-14-6-4-5-7-16(14)17/h4-10,18H,3,11H2,1-2H3. The first-order valence-electron chi connectivity index (χ1n) is 6.27. The van der Waals surface area contributed by atoms with Crippen molar-refractivity contribution in [2.45, 2.75) is 26.8 Å². The Morgan fingerprint density at radius 2 is 1.83 bits per heavy atom. The smallest absolute Gasteiger partial charge is 0.128 e. The summed E-state index contributed by atoms with van der Waals surface area (Å²) in [6.45, 7) is 4.77. The van der Waals surface area contributed by atoms with E-state index in [4.69, 9.17) is 0 Å². The third kappa shape index (κ3) is 2.89. The molecule has 0 aliphatic carbocycles. The Hall–Kier alpha value is -1.83. The van der Waals surface area contributed by atoms with E-state index in [-0.39, 0.29) is 5.82 Å². The highest BCUT2D eigenvalue weighted by molar-refractivity contribution is 5.49. The van der Waals surface area contributed by atoms with Crippen LogP contribution in [-0.2, 0) is 13.0 Å². The van der Waals surface area contributed by atoms with Gasteiger partial charge in [0.1, 0.15) is 5.82 Å². The molecule has 0 aromatic heterocycles. The summed E-state index contributed by atoms with van der Waals surface area (Å²) in [5.74, 6) is -0.159. The third-order valence-corrected chi connectivity index (χ3v) is 3.17. The van der Waals surface area contributed by atoms with Gasteiger partial charge < -0.3 is 5.32 Å². The fraction of sp³-hybridized carbons (Fsp3) is 0.250. The molecule has 18 heavy (non-hydrogen) atoms. The van der Waals surface area contributed by atoms with Gasteiger partial charge in [-0.15, -0.1) is 0 Å².